The molecule has 1 amide bonds. The van der Waals surface area contributed by atoms with Gasteiger partial charge in [-0.25, -0.2) is 8.78 Å². The summed E-state index contributed by atoms with van der Waals surface area (Å²) in [5, 5.41) is 0. The van der Waals surface area contributed by atoms with Crippen molar-refractivity contribution in [3.05, 3.63) is 64.1 Å². The molecule has 0 aliphatic rings. The number of hydrogen-bond donors (Lipinski definition) is 0. The molecule has 5 heteroatoms. The van der Waals surface area contributed by atoms with Crippen LogP contribution in [0, 0.1) is 11.6 Å². The number of hydrogen-bond acceptors (Lipinski definition) is 1. The highest BCUT2D eigenvalue weighted by molar-refractivity contribution is 9.10. The van der Waals surface area contributed by atoms with Crippen molar-refractivity contribution >= 4 is 27.5 Å². The van der Waals surface area contributed by atoms with Crippen molar-refractivity contribution in [3.8, 4) is 0 Å². The molecule has 0 aliphatic heterocycles. The molecule has 2 aromatic carbocycles. The molecule has 0 unspecified atom stereocenters. The van der Waals surface area contributed by atoms with Gasteiger partial charge < -0.3 is 4.90 Å². The molecule has 0 fully saturated rings. The van der Waals surface area contributed by atoms with E-state index >= 15 is 0 Å². The predicted molar refractivity (Wildman–Crippen MR) is 73.2 cm³/mol. The molecular weight excluding hydrogens is 316 g/mol. The van der Waals surface area contributed by atoms with Crippen LogP contribution in [0.5, 0.6) is 0 Å². The summed E-state index contributed by atoms with van der Waals surface area (Å²) in [5.74, 6) is -1.35. The van der Waals surface area contributed by atoms with Gasteiger partial charge in [0.05, 0.1) is 5.56 Å². The van der Waals surface area contributed by atoms with E-state index in [1.54, 1.807) is 6.07 Å². The second-order valence-electron chi connectivity index (χ2n) is 3.97. The third-order valence-corrected chi connectivity index (χ3v) is 3.35. The fourth-order valence-corrected chi connectivity index (χ4v) is 2.06. The van der Waals surface area contributed by atoms with Gasteiger partial charge in [-0.15, -0.1) is 0 Å². The molecule has 2 nitrogen and oxygen atoms in total. The highest BCUT2D eigenvalue weighted by Crippen LogP contribution is 2.22. The van der Waals surface area contributed by atoms with Gasteiger partial charge in [0.1, 0.15) is 11.6 Å². The van der Waals surface area contributed by atoms with E-state index in [2.05, 4.69) is 15.9 Å². The lowest BCUT2D eigenvalue weighted by Crippen LogP contribution is -2.26. The van der Waals surface area contributed by atoms with Crippen LogP contribution in [-0.4, -0.2) is 13.0 Å². The Morgan fingerprint density at radius 2 is 1.79 bits per heavy atom. The predicted octanol–water partition coefficient (Wildman–Crippen LogP) is 4.00. The minimum atomic E-state index is -0.501. The van der Waals surface area contributed by atoms with Gasteiger partial charge in [0.25, 0.3) is 5.91 Å². The Labute approximate surface area is 117 Å². The zero-order chi connectivity index (χ0) is 14.0. The van der Waals surface area contributed by atoms with Crippen LogP contribution in [0.3, 0.4) is 0 Å². The molecule has 0 bridgehead atoms. The van der Waals surface area contributed by atoms with Crippen LogP contribution in [0.25, 0.3) is 0 Å². The monoisotopic (exact) mass is 325 g/mol. The van der Waals surface area contributed by atoms with Crippen LogP contribution >= 0.6 is 15.9 Å². The molecule has 0 aromatic heterocycles. The van der Waals surface area contributed by atoms with E-state index in [4.69, 9.17) is 0 Å². The molecule has 0 N–H and O–H groups in total. The summed E-state index contributed by atoms with van der Waals surface area (Å²) in [4.78, 5) is 13.5. The first-order valence-electron chi connectivity index (χ1n) is 5.47. The normalized spacial score (nSPS) is 10.3. The first-order chi connectivity index (χ1) is 8.99. The third kappa shape index (κ3) is 2.98. The summed E-state index contributed by atoms with van der Waals surface area (Å²) < 4.78 is 26.8. The Balaban J connectivity index is 2.36. The van der Waals surface area contributed by atoms with E-state index < -0.39 is 17.5 Å². The Bertz CT molecular complexity index is 631. The molecule has 0 saturated carbocycles. The van der Waals surface area contributed by atoms with Crippen LogP contribution in [0.2, 0.25) is 0 Å². The summed E-state index contributed by atoms with van der Waals surface area (Å²) >= 11 is 3.20. The average Bonchev–Trinajstić information content (AvgIpc) is 2.40. The highest BCUT2D eigenvalue weighted by atomic mass is 79.9. The molecule has 0 saturated heterocycles. The lowest BCUT2D eigenvalue weighted by atomic mass is 10.2. The van der Waals surface area contributed by atoms with Crippen molar-refractivity contribution in [3.63, 3.8) is 0 Å². The number of carbonyl (C=O) groups is 1. The SMILES string of the molecule is CN(C(=O)c1cc(F)ccc1Br)c1cccc(F)c1. The molecule has 0 spiro atoms. The van der Waals surface area contributed by atoms with Gasteiger partial charge in [0.2, 0.25) is 0 Å². The number of benzene rings is 2. The van der Waals surface area contributed by atoms with E-state index in [9.17, 15) is 13.6 Å². The minimum absolute atomic E-state index is 0.187. The maximum absolute atomic E-state index is 13.2. The standard InChI is InChI=1S/C14H10BrF2NO/c1-18(11-4-2-3-9(16)7-11)14(19)12-8-10(17)5-6-13(12)15/h2-8H,1H3. The summed E-state index contributed by atoms with van der Waals surface area (Å²) in [6.45, 7) is 0. The van der Waals surface area contributed by atoms with Crippen molar-refractivity contribution in [1.29, 1.82) is 0 Å². The van der Waals surface area contributed by atoms with Gasteiger partial charge in [-0.3, -0.25) is 4.79 Å². The van der Waals surface area contributed by atoms with E-state index in [1.807, 2.05) is 0 Å². The van der Waals surface area contributed by atoms with Gasteiger partial charge in [-0.1, -0.05) is 6.07 Å². The molecule has 98 valence electrons. The van der Waals surface area contributed by atoms with Gasteiger partial charge >= 0.3 is 0 Å². The van der Waals surface area contributed by atoms with Gasteiger partial charge in [-0.05, 0) is 52.3 Å². The summed E-state index contributed by atoms with van der Waals surface area (Å²) in [7, 11) is 1.51. The second-order valence-corrected chi connectivity index (χ2v) is 4.82. The molecule has 2 rings (SSSR count). The summed E-state index contributed by atoms with van der Waals surface area (Å²) in [6.07, 6.45) is 0. The summed E-state index contributed by atoms with van der Waals surface area (Å²) in [5.41, 5.74) is 0.591. The van der Waals surface area contributed by atoms with Gasteiger partial charge in [0.15, 0.2) is 0 Å². The third-order valence-electron chi connectivity index (χ3n) is 2.66. The van der Waals surface area contributed by atoms with Crippen molar-refractivity contribution in [2.45, 2.75) is 0 Å². The molecule has 19 heavy (non-hydrogen) atoms. The number of nitrogens with zero attached hydrogens (tertiary/aromatic N) is 1. The largest absolute Gasteiger partial charge is 0.311 e. The van der Waals surface area contributed by atoms with Crippen LogP contribution in [-0.2, 0) is 0 Å². The average molecular weight is 326 g/mol. The number of halogens is 3. The maximum Gasteiger partial charge on any atom is 0.259 e. The number of carbonyl (C=O) groups excluding carboxylic acids is 1. The highest BCUT2D eigenvalue weighted by Gasteiger charge is 2.17. The summed E-state index contributed by atoms with van der Waals surface area (Å²) in [6, 6.07) is 9.50. The molecule has 2 aromatic rings. The topological polar surface area (TPSA) is 20.3 Å². The number of anilines is 1. The fraction of sp³-hybridized carbons (Fsp3) is 0.0714. The zero-order valence-electron chi connectivity index (χ0n) is 10.0. The van der Waals surface area contributed by atoms with Crippen molar-refractivity contribution in [1.82, 2.24) is 0 Å². The molecule has 0 atom stereocenters. The Morgan fingerprint density at radius 1 is 1.11 bits per heavy atom. The lowest BCUT2D eigenvalue weighted by Gasteiger charge is -2.18. The van der Waals surface area contributed by atoms with Crippen LogP contribution in [0.15, 0.2) is 46.9 Å². The quantitative estimate of drug-likeness (QED) is 0.817. The van der Waals surface area contributed by atoms with E-state index in [0.29, 0.717) is 10.2 Å². The van der Waals surface area contributed by atoms with Gasteiger partial charge in [-0.2, -0.15) is 0 Å². The first kappa shape index (κ1) is 13.7. The second kappa shape index (κ2) is 5.48. The van der Waals surface area contributed by atoms with Crippen molar-refractivity contribution in [2.75, 3.05) is 11.9 Å². The van der Waals surface area contributed by atoms with E-state index in [-0.39, 0.29) is 5.56 Å². The minimum Gasteiger partial charge on any atom is -0.311 e. The lowest BCUT2D eigenvalue weighted by molar-refractivity contribution is 0.0992. The molecule has 0 heterocycles. The van der Waals surface area contributed by atoms with E-state index in [0.717, 1.165) is 6.07 Å². The van der Waals surface area contributed by atoms with Crippen molar-refractivity contribution in [2.24, 2.45) is 0 Å². The number of rotatable bonds is 2. The van der Waals surface area contributed by atoms with Gasteiger partial charge in [0, 0.05) is 17.2 Å². The Hall–Kier alpha value is -1.75. The fourth-order valence-electron chi connectivity index (χ4n) is 1.64. The van der Waals surface area contributed by atoms with Crippen LogP contribution < -0.4 is 4.90 Å². The smallest absolute Gasteiger partial charge is 0.259 e. The molecule has 0 aliphatic carbocycles. The van der Waals surface area contributed by atoms with Crippen LogP contribution in [0.4, 0.5) is 14.5 Å². The first-order valence-corrected chi connectivity index (χ1v) is 6.27. The van der Waals surface area contributed by atoms with Crippen molar-refractivity contribution < 1.29 is 13.6 Å². The Kier molecular flexibility index (Phi) is 3.95. The molecule has 0 radical (unpaired) electrons. The maximum atomic E-state index is 13.2. The number of amides is 1. The zero-order valence-corrected chi connectivity index (χ0v) is 11.6. The molecular formula is C14H10BrF2NO. The van der Waals surface area contributed by atoms with E-state index in [1.165, 1.54) is 42.3 Å². The van der Waals surface area contributed by atoms with Crippen LogP contribution in [0.1, 0.15) is 10.4 Å². The Morgan fingerprint density at radius 3 is 2.47 bits per heavy atom.